The number of aryl methyl sites for hydroxylation is 1. The van der Waals surface area contributed by atoms with Gasteiger partial charge in [-0.15, -0.1) is 0 Å². The predicted molar refractivity (Wildman–Crippen MR) is 78.5 cm³/mol. The second-order valence-corrected chi connectivity index (χ2v) is 4.61. The molecule has 1 atom stereocenters. The smallest absolute Gasteiger partial charge is 0.311 e. The van der Waals surface area contributed by atoms with E-state index in [2.05, 4.69) is 10.3 Å². The van der Waals surface area contributed by atoms with Crippen LogP contribution in [0.1, 0.15) is 24.2 Å². The lowest BCUT2D eigenvalue weighted by molar-refractivity contribution is -0.384. The third-order valence-electron chi connectivity index (χ3n) is 3.00. The fraction of sp³-hybridized carbons (Fsp3) is 0.214. The van der Waals surface area contributed by atoms with Crippen molar-refractivity contribution in [3.63, 3.8) is 0 Å². The van der Waals surface area contributed by atoms with Crippen LogP contribution in [-0.4, -0.2) is 9.91 Å². The second-order valence-electron chi connectivity index (χ2n) is 4.61. The average molecular weight is 272 g/mol. The molecule has 0 amide bonds. The standard InChI is InChI=1S/C14H16N4O2/c1-9-3-8-13(18(19)20)14(16-9)17-10(2)11-4-6-12(15)7-5-11/h3-8,10H,15H2,1-2H3,(H,16,17). The number of nitrogens with one attached hydrogen (secondary N) is 1. The van der Waals surface area contributed by atoms with Crippen LogP contribution >= 0.6 is 0 Å². The van der Waals surface area contributed by atoms with Crippen molar-refractivity contribution < 1.29 is 4.92 Å². The molecule has 2 aromatic rings. The van der Waals surface area contributed by atoms with Gasteiger partial charge in [0.05, 0.1) is 11.0 Å². The molecule has 0 spiro atoms. The summed E-state index contributed by atoms with van der Waals surface area (Å²) >= 11 is 0. The van der Waals surface area contributed by atoms with Crippen LogP contribution in [0.3, 0.4) is 0 Å². The SMILES string of the molecule is Cc1ccc([N+](=O)[O-])c(NC(C)c2ccc(N)cc2)n1. The molecule has 0 aliphatic carbocycles. The van der Waals surface area contributed by atoms with Crippen LogP contribution < -0.4 is 11.1 Å². The van der Waals surface area contributed by atoms with Crippen molar-refractivity contribution in [2.75, 3.05) is 11.1 Å². The molecule has 1 heterocycles. The van der Waals surface area contributed by atoms with E-state index in [1.807, 2.05) is 19.1 Å². The molecule has 2 rings (SSSR count). The Kier molecular flexibility index (Phi) is 3.84. The van der Waals surface area contributed by atoms with E-state index in [-0.39, 0.29) is 17.5 Å². The molecule has 6 nitrogen and oxygen atoms in total. The molecular weight excluding hydrogens is 256 g/mol. The van der Waals surface area contributed by atoms with Crippen molar-refractivity contribution in [3.8, 4) is 0 Å². The number of nitrogens with zero attached hydrogens (tertiary/aromatic N) is 2. The normalized spacial score (nSPS) is 11.9. The van der Waals surface area contributed by atoms with E-state index in [9.17, 15) is 10.1 Å². The average Bonchev–Trinajstić information content (AvgIpc) is 2.39. The first kappa shape index (κ1) is 13.8. The highest BCUT2D eigenvalue weighted by Crippen LogP contribution is 2.26. The lowest BCUT2D eigenvalue weighted by atomic mass is 10.1. The lowest BCUT2D eigenvalue weighted by Gasteiger charge is -2.15. The number of pyridine rings is 1. The number of rotatable bonds is 4. The topological polar surface area (TPSA) is 94.1 Å². The molecule has 0 radical (unpaired) electrons. The summed E-state index contributed by atoms with van der Waals surface area (Å²) in [6, 6.07) is 10.3. The first-order chi connectivity index (χ1) is 9.47. The summed E-state index contributed by atoms with van der Waals surface area (Å²) in [6.07, 6.45) is 0. The van der Waals surface area contributed by atoms with Crippen molar-refractivity contribution in [2.24, 2.45) is 0 Å². The van der Waals surface area contributed by atoms with Gasteiger partial charge in [-0.2, -0.15) is 0 Å². The summed E-state index contributed by atoms with van der Waals surface area (Å²) in [4.78, 5) is 14.8. The summed E-state index contributed by atoms with van der Waals surface area (Å²) in [5, 5.41) is 14.1. The Morgan fingerprint density at radius 3 is 2.50 bits per heavy atom. The highest BCUT2D eigenvalue weighted by atomic mass is 16.6. The lowest BCUT2D eigenvalue weighted by Crippen LogP contribution is -2.10. The molecule has 0 saturated heterocycles. The molecule has 104 valence electrons. The van der Waals surface area contributed by atoms with E-state index < -0.39 is 4.92 Å². The van der Waals surface area contributed by atoms with Crippen LogP contribution in [0.5, 0.6) is 0 Å². The van der Waals surface area contributed by atoms with Crippen molar-refractivity contribution in [1.82, 2.24) is 4.98 Å². The van der Waals surface area contributed by atoms with Gasteiger partial charge in [-0.3, -0.25) is 10.1 Å². The van der Waals surface area contributed by atoms with Crippen LogP contribution in [0.25, 0.3) is 0 Å². The van der Waals surface area contributed by atoms with Crippen LogP contribution in [-0.2, 0) is 0 Å². The van der Waals surface area contributed by atoms with E-state index in [0.29, 0.717) is 5.69 Å². The number of nitrogens with two attached hydrogens (primary N) is 1. The highest BCUT2D eigenvalue weighted by molar-refractivity contribution is 5.57. The zero-order valence-electron chi connectivity index (χ0n) is 11.3. The van der Waals surface area contributed by atoms with E-state index >= 15 is 0 Å². The largest absolute Gasteiger partial charge is 0.399 e. The molecule has 0 bridgehead atoms. The Balaban J connectivity index is 2.27. The molecule has 3 N–H and O–H groups in total. The minimum Gasteiger partial charge on any atom is -0.399 e. The summed E-state index contributed by atoms with van der Waals surface area (Å²) in [5.74, 6) is 0.277. The number of hydrogen-bond donors (Lipinski definition) is 2. The Labute approximate surface area is 116 Å². The first-order valence-corrected chi connectivity index (χ1v) is 6.21. The Morgan fingerprint density at radius 1 is 1.25 bits per heavy atom. The van der Waals surface area contributed by atoms with Gasteiger partial charge < -0.3 is 11.1 Å². The number of anilines is 2. The summed E-state index contributed by atoms with van der Waals surface area (Å²) in [5.41, 5.74) is 8.00. The quantitative estimate of drug-likeness (QED) is 0.506. The number of nitrogen functional groups attached to an aromatic ring is 1. The van der Waals surface area contributed by atoms with Gasteiger partial charge >= 0.3 is 5.69 Å². The number of benzene rings is 1. The molecule has 0 aliphatic rings. The summed E-state index contributed by atoms with van der Waals surface area (Å²) in [7, 11) is 0. The van der Waals surface area contributed by atoms with Gasteiger partial charge in [-0.1, -0.05) is 12.1 Å². The predicted octanol–water partition coefficient (Wildman–Crippen LogP) is 3.05. The highest BCUT2D eigenvalue weighted by Gasteiger charge is 2.17. The third-order valence-corrected chi connectivity index (χ3v) is 3.00. The summed E-state index contributed by atoms with van der Waals surface area (Å²) < 4.78 is 0. The molecular formula is C14H16N4O2. The Hall–Kier alpha value is -2.63. The van der Waals surface area contributed by atoms with Gasteiger partial charge in [0, 0.05) is 17.4 Å². The van der Waals surface area contributed by atoms with Crippen molar-refractivity contribution in [2.45, 2.75) is 19.9 Å². The molecule has 0 saturated carbocycles. The van der Waals surface area contributed by atoms with Gasteiger partial charge in [0.25, 0.3) is 0 Å². The number of aromatic nitrogens is 1. The maximum Gasteiger partial charge on any atom is 0.311 e. The van der Waals surface area contributed by atoms with Gasteiger partial charge in [0.1, 0.15) is 0 Å². The minimum atomic E-state index is -0.440. The maximum absolute atomic E-state index is 11.0. The zero-order chi connectivity index (χ0) is 14.7. The fourth-order valence-electron chi connectivity index (χ4n) is 1.88. The van der Waals surface area contributed by atoms with Crippen LogP contribution in [0.2, 0.25) is 0 Å². The Morgan fingerprint density at radius 2 is 1.90 bits per heavy atom. The van der Waals surface area contributed by atoms with E-state index in [0.717, 1.165) is 11.3 Å². The van der Waals surface area contributed by atoms with Crippen LogP contribution in [0.15, 0.2) is 36.4 Å². The molecule has 1 aromatic heterocycles. The zero-order valence-corrected chi connectivity index (χ0v) is 11.3. The van der Waals surface area contributed by atoms with Gasteiger partial charge in [-0.25, -0.2) is 4.98 Å². The number of nitro groups is 1. The molecule has 0 aliphatic heterocycles. The molecule has 0 fully saturated rings. The van der Waals surface area contributed by atoms with E-state index in [1.165, 1.54) is 6.07 Å². The summed E-state index contributed by atoms with van der Waals surface area (Å²) in [6.45, 7) is 3.71. The molecule has 1 aromatic carbocycles. The van der Waals surface area contributed by atoms with Gasteiger partial charge in [-0.05, 0) is 37.6 Å². The Bertz CT molecular complexity index is 626. The van der Waals surface area contributed by atoms with Crippen molar-refractivity contribution >= 4 is 17.2 Å². The fourth-order valence-corrected chi connectivity index (χ4v) is 1.88. The second kappa shape index (κ2) is 5.56. The monoisotopic (exact) mass is 272 g/mol. The van der Waals surface area contributed by atoms with Gasteiger partial charge in [0.15, 0.2) is 0 Å². The van der Waals surface area contributed by atoms with E-state index in [1.54, 1.807) is 25.1 Å². The van der Waals surface area contributed by atoms with Crippen LogP contribution in [0.4, 0.5) is 17.2 Å². The van der Waals surface area contributed by atoms with Crippen molar-refractivity contribution in [1.29, 1.82) is 0 Å². The van der Waals surface area contributed by atoms with Gasteiger partial charge in [0.2, 0.25) is 5.82 Å². The first-order valence-electron chi connectivity index (χ1n) is 6.21. The minimum absolute atomic E-state index is 0.0297. The van der Waals surface area contributed by atoms with E-state index in [4.69, 9.17) is 5.73 Å². The van der Waals surface area contributed by atoms with Crippen LogP contribution in [0, 0.1) is 17.0 Å². The third kappa shape index (κ3) is 3.03. The molecule has 6 heteroatoms. The van der Waals surface area contributed by atoms with Crippen molar-refractivity contribution in [3.05, 3.63) is 57.8 Å². The maximum atomic E-state index is 11.0. The number of hydrogen-bond acceptors (Lipinski definition) is 5. The molecule has 1 unspecified atom stereocenters. The molecule has 20 heavy (non-hydrogen) atoms.